The lowest BCUT2D eigenvalue weighted by Crippen LogP contribution is -2.52. The molecule has 2 aromatic rings. The first-order chi connectivity index (χ1) is 21.8. The second kappa shape index (κ2) is 13.9. The van der Waals surface area contributed by atoms with E-state index in [0.29, 0.717) is 73.4 Å². The number of carbonyl (C=O) groups is 3. The predicted molar refractivity (Wildman–Crippen MR) is 177 cm³/mol. The Morgan fingerprint density at radius 3 is 2.42 bits per heavy atom. The summed E-state index contributed by atoms with van der Waals surface area (Å²) < 4.78 is 6.00. The molecule has 0 saturated carbocycles. The van der Waals surface area contributed by atoms with Crippen LogP contribution in [0.5, 0.6) is 0 Å². The topological polar surface area (TPSA) is 111 Å². The molecule has 10 nitrogen and oxygen atoms in total. The summed E-state index contributed by atoms with van der Waals surface area (Å²) in [5.41, 5.74) is 9.51. The lowest BCUT2D eigenvalue weighted by Gasteiger charge is -2.39. The summed E-state index contributed by atoms with van der Waals surface area (Å²) in [6, 6.07) is 3.83. The first-order valence-electron chi connectivity index (χ1n) is 16.0. The van der Waals surface area contributed by atoms with E-state index in [2.05, 4.69) is 21.5 Å². The van der Waals surface area contributed by atoms with Crippen LogP contribution in [0.2, 0.25) is 5.02 Å². The number of terminal acetylenes is 1. The zero-order valence-corrected chi connectivity index (χ0v) is 27.1. The zero-order chi connectivity index (χ0) is 31.5. The van der Waals surface area contributed by atoms with E-state index in [4.69, 9.17) is 28.5 Å². The van der Waals surface area contributed by atoms with Crippen molar-refractivity contribution in [3.63, 3.8) is 0 Å². The van der Waals surface area contributed by atoms with Crippen LogP contribution in [0.15, 0.2) is 22.9 Å². The molecular formula is C33H41ClN6O4S. The van der Waals surface area contributed by atoms with Crippen molar-refractivity contribution in [2.75, 3.05) is 56.9 Å². The number of likely N-dealkylation sites (tertiary alicyclic amines) is 3. The van der Waals surface area contributed by atoms with Crippen molar-refractivity contribution in [2.24, 2.45) is 0 Å². The number of benzene rings is 1. The summed E-state index contributed by atoms with van der Waals surface area (Å²) >= 11 is 7.95. The average Bonchev–Trinajstić information content (AvgIpc) is 3.72. The van der Waals surface area contributed by atoms with Gasteiger partial charge in [-0.2, -0.15) is 0 Å². The van der Waals surface area contributed by atoms with Crippen LogP contribution in [0, 0.1) is 12.3 Å². The lowest BCUT2D eigenvalue weighted by molar-refractivity contribution is -0.142. The van der Waals surface area contributed by atoms with Crippen LogP contribution >= 0.6 is 22.9 Å². The molecule has 0 unspecified atom stereocenters. The van der Waals surface area contributed by atoms with Crippen LogP contribution in [0.4, 0.5) is 21.0 Å². The molecule has 1 aromatic carbocycles. The molecule has 0 radical (unpaired) electrons. The maximum atomic E-state index is 13.9. The third-order valence-corrected chi connectivity index (χ3v) is 10.9. The molecule has 6 rings (SSSR count). The minimum atomic E-state index is -1.03. The van der Waals surface area contributed by atoms with E-state index in [0.717, 1.165) is 43.6 Å². The van der Waals surface area contributed by atoms with Crippen molar-refractivity contribution in [3.8, 4) is 12.3 Å². The van der Waals surface area contributed by atoms with Gasteiger partial charge in [0.25, 0.3) is 5.91 Å². The fourth-order valence-electron chi connectivity index (χ4n) is 7.13. The molecule has 45 heavy (non-hydrogen) atoms. The Bertz CT molecular complexity index is 1450. The maximum Gasteiger partial charge on any atom is 0.410 e. The van der Waals surface area contributed by atoms with Gasteiger partial charge in [0.05, 0.1) is 16.4 Å². The second-order valence-electron chi connectivity index (χ2n) is 12.5. The largest absolute Gasteiger partial charge is 0.436 e. The van der Waals surface area contributed by atoms with Crippen molar-refractivity contribution >= 4 is 52.3 Å². The zero-order valence-electron chi connectivity index (χ0n) is 25.5. The van der Waals surface area contributed by atoms with Gasteiger partial charge in [0, 0.05) is 62.2 Å². The molecule has 3 N–H and O–H groups in total. The van der Waals surface area contributed by atoms with Gasteiger partial charge in [-0.1, -0.05) is 17.5 Å². The van der Waals surface area contributed by atoms with Crippen molar-refractivity contribution in [3.05, 3.63) is 44.6 Å². The number of nitrogens with zero attached hydrogens (tertiary/aromatic N) is 4. The van der Waals surface area contributed by atoms with E-state index in [-0.39, 0.29) is 24.4 Å². The number of thiophene rings is 1. The number of ether oxygens (including phenoxy) is 1. The van der Waals surface area contributed by atoms with Gasteiger partial charge in [0.1, 0.15) is 0 Å². The highest BCUT2D eigenvalue weighted by atomic mass is 35.5. The Kier molecular flexibility index (Phi) is 9.73. The van der Waals surface area contributed by atoms with Crippen molar-refractivity contribution in [2.45, 2.75) is 69.6 Å². The molecule has 1 aromatic heterocycles. The summed E-state index contributed by atoms with van der Waals surface area (Å²) in [7, 11) is 0. The number of fused-ring (bicyclic) bond motifs is 1. The average molecular weight is 653 g/mol. The molecule has 4 aliphatic heterocycles. The molecule has 4 amide bonds. The SMILES string of the molecule is C#Cc1cc(C[C@@H](OC(=O)N2CCC(N3CCc4cscc4NC3=O)CC2)C(=O)N2CCC(N3CCCC3)CC2)cc(Cl)c1N. The number of urea groups is 1. The Hall–Kier alpha value is -3.46. The van der Waals surface area contributed by atoms with Gasteiger partial charge in [-0.15, -0.1) is 17.8 Å². The first kappa shape index (κ1) is 31.5. The van der Waals surface area contributed by atoms with E-state index >= 15 is 0 Å². The van der Waals surface area contributed by atoms with Crippen LogP contribution in [-0.4, -0.2) is 102 Å². The Morgan fingerprint density at radius 1 is 1.02 bits per heavy atom. The summed E-state index contributed by atoms with van der Waals surface area (Å²) in [5, 5.41) is 7.38. The molecule has 0 aliphatic carbocycles. The molecule has 12 heteroatoms. The molecule has 0 bridgehead atoms. The Labute approximate surface area is 273 Å². The number of amides is 4. The van der Waals surface area contributed by atoms with Gasteiger partial charge in [0.2, 0.25) is 0 Å². The van der Waals surface area contributed by atoms with E-state index in [1.807, 2.05) is 15.2 Å². The Balaban J connectivity index is 1.10. The van der Waals surface area contributed by atoms with Gasteiger partial charge in [0.15, 0.2) is 6.10 Å². The van der Waals surface area contributed by atoms with Gasteiger partial charge < -0.3 is 35.4 Å². The summed E-state index contributed by atoms with van der Waals surface area (Å²) in [6.07, 6.45) is 10.6. The smallest absolute Gasteiger partial charge is 0.410 e. The summed E-state index contributed by atoms with van der Waals surface area (Å²) in [4.78, 5) is 48.3. The monoisotopic (exact) mass is 652 g/mol. The third kappa shape index (κ3) is 7.03. The highest BCUT2D eigenvalue weighted by molar-refractivity contribution is 7.08. The van der Waals surface area contributed by atoms with E-state index in [1.165, 1.54) is 12.8 Å². The predicted octanol–water partition coefficient (Wildman–Crippen LogP) is 4.65. The fourth-order valence-corrected chi connectivity index (χ4v) is 8.19. The number of nitrogens with one attached hydrogen (secondary N) is 1. The van der Waals surface area contributed by atoms with Crippen molar-refractivity contribution in [1.29, 1.82) is 0 Å². The number of hydrogen-bond acceptors (Lipinski definition) is 7. The highest BCUT2D eigenvalue weighted by Gasteiger charge is 2.36. The van der Waals surface area contributed by atoms with Crippen LogP contribution in [0.3, 0.4) is 0 Å². The van der Waals surface area contributed by atoms with Crippen LogP contribution < -0.4 is 11.1 Å². The number of halogens is 1. The normalized spacial score (nSPS) is 20.7. The minimum Gasteiger partial charge on any atom is -0.436 e. The van der Waals surface area contributed by atoms with Gasteiger partial charge in [-0.3, -0.25) is 4.79 Å². The third-order valence-electron chi connectivity index (χ3n) is 9.75. The van der Waals surface area contributed by atoms with Gasteiger partial charge >= 0.3 is 12.1 Å². The molecular weight excluding hydrogens is 612 g/mol. The number of nitrogens with two attached hydrogens (primary N) is 1. The number of carbonyl (C=O) groups excluding carboxylic acids is 3. The standard InChI is InChI=1S/C33H41ClN6O4S/c1-2-23-17-22(18-27(34)30(23)35)19-29(31(41)38-12-6-25(7-13-38)37-10-3-4-11-37)44-33(43)39-14-8-26(9-15-39)40-16-5-24-20-45-21-28(24)36-32(40)42/h1,17-18,20-21,25-26,29H,3-16,19,35H2,(H,36,42)/t29-/m1/s1. The quantitative estimate of drug-likeness (QED) is 0.347. The fraction of sp³-hybridized carbons (Fsp3) is 0.545. The maximum absolute atomic E-state index is 13.9. The second-order valence-corrected chi connectivity index (χ2v) is 13.6. The van der Waals surface area contributed by atoms with Crippen molar-refractivity contribution < 1.29 is 19.1 Å². The molecule has 3 saturated heterocycles. The van der Waals surface area contributed by atoms with Crippen molar-refractivity contribution in [1.82, 2.24) is 19.6 Å². The molecule has 240 valence electrons. The van der Waals surface area contributed by atoms with Crippen LogP contribution in [-0.2, 0) is 22.4 Å². The molecule has 4 aliphatic rings. The van der Waals surface area contributed by atoms with Crippen LogP contribution in [0.1, 0.15) is 55.2 Å². The van der Waals surface area contributed by atoms with E-state index < -0.39 is 12.2 Å². The highest BCUT2D eigenvalue weighted by Crippen LogP contribution is 2.29. The number of piperidine rings is 2. The molecule has 0 spiro atoms. The summed E-state index contributed by atoms with van der Waals surface area (Å²) in [6.45, 7) is 5.02. The van der Waals surface area contributed by atoms with E-state index in [9.17, 15) is 14.4 Å². The number of hydrogen-bond donors (Lipinski definition) is 2. The minimum absolute atomic E-state index is 0.0233. The van der Waals surface area contributed by atoms with Gasteiger partial charge in [-0.05, 0) is 86.7 Å². The summed E-state index contributed by atoms with van der Waals surface area (Å²) in [5.74, 6) is 2.34. The molecule has 5 heterocycles. The van der Waals surface area contributed by atoms with Crippen LogP contribution in [0.25, 0.3) is 0 Å². The first-order valence-corrected chi connectivity index (χ1v) is 17.3. The molecule has 3 fully saturated rings. The molecule has 1 atom stereocenters. The Morgan fingerprint density at radius 2 is 1.71 bits per heavy atom. The number of anilines is 2. The number of rotatable bonds is 6. The van der Waals surface area contributed by atoms with E-state index in [1.54, 1.807) is 28.4 Å². The lowest BCUT2D eigenvalue weighted by atomic mass is 10.00. The number of nitrogen functional groups attached to an aromatic ring is 1. The van der Waals surface area contributed by atoms with Gasteiger partial charge in [-0.25, -0.2) is 9.59 Å².